The SMILES string of the molecule is CN1CCN(C)c2cc(/C=C\C(=O)[O-])ccc21.[Li+]. The van der Waals surface area contributed by atoms with Crippen LogP contribution in [0.4, 0.5) is 11.4 Å². The second-order valence-electron chi connectivity index (χ2n) is 4.24. The summed E-state index contributed by atoms with van der Waals surface area (Å²) in [4.78, 5) is 14.7. The van der Waals surface area contributed by atoms with Crippen LogP contribution in [0, 0.1) is 0 Å². The van der Waals surface area contributed by atoms with Crippen molar-refractivity contribution in [2.45, 2.75) is 0 Å². The normalized spacial score (nSPS) is 14.3. The van der Waals surface area contributed by atoms with E-state index in [1.807, 2.05) is 25.2 Å². The van der Waals surface area contributed by atoms with Gasteiger partial charge in [0.25, 0.3) is 0 Å². The fourth-order valence-electron chi connectivity index (χ4n) is 1.98. The van der Waals surface area contributed by atoms with E-state index < -0.39 is 5.97 Å². The van der Waals surface area contributed by atoms with Gasteiger partial charge in [0.05, 0.1) is 17.3 Å². The van der Waals surface area contributed by atoms with Crippen LogP contribution < -0.4 is 33.8 Å². The minimum absolute atomic E-state index is 0. The summed E-state index contributed by atoms with van der Waals surface area (Å²) < 4.78 is 0. The van der Waals surface area contributed by atoms with Crippen molar-refractivity contribution in [3.8, 4) is 0 Å². The molecule has 0 amide bonds. The van der Waals surface area contributed by atoms with E-state index in [1.54, 1.807) is 6.08 Å². The van der Waals surface area contributed by atoms with E-state index >= 15 is 0 Å². The molecule has 0 radical (unpaired) electrons. The van der Waals surface area contributed by atoms with E-state index in [0.717, 1.165) is 30.4 Å². The van der Waals surface area contributed by atoms with E-state index in [0.29, 0.717) is 0 Å². The first-order valence-corrected chi connectivity index (χ1v) is 5.53. The van der Waals surface area contributed by atoms with Crippen molar-refractivity contribution in [3.63, 3.8) is 0 Å². The molecule has 0 spiro atoms. The van der Waals surface area contributed by atoms with E-state index in [4.69, 9.17) is 0 Å². The quantitative estimate of drug-likeness (QED) is 0.417. The fourth-order valence-corrected chi connectivity index (χ4v) is 1.98. The van der Waals surface area contributed by atoms with Gasteiger partial charge in [-0.2, -0.15) is 0 Å². The minimum atomic E-state index is -1.17. The predicted octanol–water partition coefficient (Wildman–Crippen LogP) is -2.66. The average molecular weight is 238 g/mol. The van der Waals surface area contributed by atoms with Crippen LogP contribution in [0.5, 0.6) is 0 Å². The first kappa shape index (κ1) is 14.7. The van der Waals surface area contributed by atoms with Crippen LogP contribution in [0.15, 0.2) is 24.3 Å². The molecule has 1 aromatic rings. The first-order valence-electron chi connectivity index (χ1n) is 5.53. The van der Waals surface area contributed by atoms with Gasteiger partial charge in [-0.3, -0.25) is 0 Å². The number of carboxylic acids is 1. The van der Waals surface area contributed by atoms with Crippen LogP contribution in [-0.2, 0) is 4.79 Å². The number of rotatable bonds is 2. The molecular weight excluding hydrogens is 223 g/mol. The zero-order valence-corrected chi connectivity index (χ0v) is 11.0. The van der Waals surface area contributed by atoms with Crippen LogP contribution in [0.3, 0.4) is 0 Å². The zero-order chi connectivity index (χ0) is 12.4. The van der Waals surface area contributed by atoms with Gasteiger partial charge in [0.1, 0.15) is 0 Å². The topological polar surface area (TPSA) is 46.6 Å². The molecule has 90 valence electrons. The number of fused-ring (bicyclic) bond motifs is 1. The summed E-state index contributed by atoms with van der Waals surface area (Å²) in [5.74, 6) is -1.17. The molecule has 0 fully saturated rings. The monoisotopic (exact) mass is 238 g/mol. The second-order valence-corrected chi connectivity index (χ2v) is 4.24. The van der Waals surface area contributed by atoms with Gasteiger partial charge in [-0.05, 0) is 23.8 Å². The summed E-state index contributed by atoms with van der Waals surface area (Å²) in [6, 6.07) is 5.91. The van der Waals surface area contributed by atoms with Gasteiger partial charge >= 0.3 is 18.9 Å². The van der Waals surface area contributed by atoms with Gasteiger partial charge in [0.15, 0.2) is 0 Å². The predicted molar refractivity (Wildman–Crippen MR) is 67.0 cm³/mol. The average Bonchev–Trinajstić information content (AvgIpc) is 2.31. The summed E-state index contributed by atoms with van der Waals surface area (Å²) in [6.45, 7) is 1.97. The summed E-state index contributed by atoms with van der Waals surface area (Å²) in [5, 5.41) is 10.4. The maximum absolute atomic E-state index is 10.4. The molecule has 1 aromatic carbocycles. The molecular formula is C13H15LiN2O2. The smallest absolute Gasteiger partial charge is 0.545 e. The zero-order valence-electron chi connectivity index (χ0n) is 11.0. The molecule has 0 unspecified atom stereocenters. The Kier molecular flexibility index (Phi) is 4.89. The van der Waals surface area contributed by atoms with E-state index in [9.17, 15) is 9.90 Å². The number of anilines is 2. The molecule has 1 aliphatic rings. The summed E-state index contributed by atoms with van der Waals surface area (Å²) in [7, 11) is 4.10. The van der Waals surface area contributed by atoms with Crippen molar-refractivity contribution in [3.05, 3.63) is 29.8 Å². The third-order valence-corrected chi connectivity index (χ3v) is 3.00. The van der Waals surface area contributed by atoms with Crippen molar-refractivity contribution in [2.24, 2.45) is 0 Å². The first-order chi connectivity index (χ1) is 8.08. The number of nitrogens with zero attached hydrogens (tertiary/aromatic N) is 2. The number of hydrogen-bond donors (Lipinski definition) is 0. The number of aliphatic carboxylic acids is 1. The molecule has 0 atom stereocenters. The molecule has 1 aliphatic heterocycles. The van der Waals surface area contributed by atoms with Crippen molar-refractivity contribution in [2.75, 3.05) is 37.0 Å². The molecule has 0 N–H and O–H groups in total. The van der Waals surface area contributed by atoms with Gasteiger partial charge in [-0.1, -0.05) is 12.1 Å². The van der Waals surface area contributed by atoms with Crippen LogP contribution >= 0.6 is 0 Å². The largest absolute Gasteiger partial charge is 1.00 e. The number of carbonyl (C=O) groups excluding carboxylic acids is 1. The minimum Gasteiger partial charge on any atom is -0.545 e. The van der Waals surface area contributed by atoms with Crippen molar-refractivity contribution in [1.82, 2.24) is 0 Å². The molecule has 0 saturated heterocycles. The van der Waals surface area contributed by atoms with Crippen molar-refractivity contribution >= 4 is 23.4 Å². The molecule has 2 rings (SSSR count). The van der Waals surface area contributed by atoms with E-state index in [-0.39, 0.29) is 18.9 Å². The summed E-state index contributed by atoms with van der Waals surface area (Å²) in [6.07, 6.45) is 2.60. The molecule has 4 nitrogen and oxygen atoms in total. The molecule has 0 saturated carbocycles. The maximum Gasteiger partial charge on any atom is 1.00 e. The van der Waals surface area contributed by atoms with Gasteiger partial charge in [0.2, 0.25) is 0 Å². The van der Waals surface area contributed by atoms with Gasteiger partial charge in [0, 0.05) is 27.2 Å². The fraction of sp³-hybridized carbons (Fsp3) is 0.308. The molecule has 0 aliphatic carbocycles. The molecule has 0 bridgehead atoms. The standard InChI is InChI=1S/C13H16N2O2.Li/c1-14-7-8-15(2)12-9-10(3-5-11(12)14)4-6-13(16)17;/h3-6,9H,7-8H2,1-2H3,(H,16,17);/q;+1/p-1/b6-4-;. The summed E-state index contributed by atoms with van der Waals surface area (Å²) in [5.41, 5.74) is 3.17. The van der Waals surface area contributed by atoms with Gasteiger partial charge < -0.3 is 19.7 Å². The van der Waals surface area contributed by atoms with E-state index in [1.165, 1.54) is 5.69 Å². The Morgan fingerprint density at radius 1 is 1.22 bits per heavy atom. The number of likely N-dealkylation sites (N-methyl/N-ethyl adjacent to an activating group) is 2. The Hall–Kier alpha value is -1.37. The second kappa shape index (κ2) is 5.99. The third kappa shape index (κ3) is 3.09. The Morgan fingerprint density at radius 2 is 1.83 bits per heavy atom. The van der Waals surface area contributed by atoms with Gasteiger partial charge in [-0.15, -0.1) is 0 Å². The maximum atomic E-state index is 10.4. The van der Waals surface area contributed by atoms with E-state index in [2.05, 4.69) is 16.8 Å². The Morgan fingerprint density at radius 3 is 2.44 bits per heavy atom. The van der Waals surface area contributed by atoms with Crippen LogP contribution in [0.25, 0.3) is 6.08 Å². The Bertz CT molecular complexity index is 474. The van der Waals surface area contributed by atoms with Crippen molar-refractivity contribution in [1.29, 1.82) is 0 Å². The van der Waals surface area contributed by atoms with Gasteiger partial charge in [-0.25, -0.2) is 0 Å². The molecule has 0 aromatic heterocycles. The number of hydrogen-bond acceptors (Lipinski definition) is 4. The molecule has 5 heteroatoms. The third-order valence-electron chi connectivity index (χ3n) is 3.00. The Labute approximate surface area is 119 Å². The molecule has 1 heterocycles. The van der Waals surface area contributed by atoms with Crippen molar-refractivity contribution < 1.29 is 28.8 Å². The summed E-state index contributed by atoms with van der Waals surface area (Å²) >= 11 is 0. The number of benzene rings is 1. The molecule has 18 heavy (non-hydrogen) atoms. The number of carboxylic acid groups (broad SMARTS) is 1. The number of carbonyl (C=O) groups is 1. The van der Waals surface area contributed by atoms with Crippen LogP contribution in [0.1, 0.15) is 5.56 Å². The van der Waals surface area contributed by atoms with Crippen LogP contribution in [-0.4, -0.2) is 33.2 Å². The van der Waals surface area contributed by atoms with Crippen LogP contribution in [0.2, 0.25) is 0 Å². The Balaban J connectivity index is 0.00000162.